The molecule has 0 radical (unpaired) electrons. The lowest BCUT2D eigenvalue weighted by Crippen LogP contribution is -2.52. The SMILES string of the molecule is CC(C)OC(=O)N1C[C@H](C)N(C(=O)C2CC2)c2ccc(-c3ccc(C(=O)NCC4NCCO4)cc3)cc21. The Hall–Kier alpha value is -3.43. The summed E-state index contributed by atoms with van der Waals surface area (Å²) in [6.45, 7) is 7.80. The van der Waals surface area contributed by atoms with Crippen LogP contribution in [0.3, 0.4) is 0 Å². The lowest BCUT2D eigenvalue weighted by atomic mass is 9.99. The van der Waals surface area contributed by atoms with E-state index in [9.17, 15) is 14.4 Å². The zero-order chi connectivity index (χ0) is 26.1. The fourth-order valence-electron chi connectivity index (χ4n) is 4.82. The molecule has 2 N–H and O–H groups in total. The second-order valence-corrected chi connectivity index (χ2v) is 10.2. The summed E-state index contributed by atoms with van der Waals surface area (Å²) < 4.78 is 11.0. The molecule has 2 fully saturated rings. The van der Waals surface area contributed by atoms with Crippen LogP contribution in [-0.2, 0) is 14.3 Å². The van der Waals surface area contributed by atoms with Crippen LogP contribution >= 0.6 is 0 Å². The Kier molecular flexibility index (Phi) is 7.17. The largest absolute Gasteiger partial charge is 0.446 e. The second-order valence-electron chi connectivity index (χ2n) is 10.2. The standard InChI is InChI=1S/C28H34N4O5/c1-17(2)37-28(35)31-16-18(3)32(27(34)21-8-9-21)23-11-10-22(14-24(23)31)19-4-6-20(7-5-19)26(33)30-15-25-29-12-13-36-25/h4-7,10-11,14,17-18,21,25,29H,8-9,12-13,15-16H2,1-3H3,(H,30,33)/t18-,25?/m0/s1. The van der Waals surface area contributed by atoms with Crippen LogP contribution in [0.2, 0.25) is 0 Å². The van der Waals surface area contributed by atoms with E-state index in [4.69, 9.17) is 9.47 Å². The van der Waals surface area contributed by atoms with Gasteiger partial charge in [-0.15, -0.1) is 0 Å². The van der Waals surface area contributed by atoms with Gasteiger partial charge in [0.2, 0.25) is 5.91 Å². The van der Waals surface area contributed by atoms with Crippen LogP contribution in [0, 0.1) is 5.92 Å². The smallest absolute Gasteiger partial charge is 0.414 e. The Morgan fingerprint density at radius 1 is 1.08 bits per heavy atom. The summed E-state index contributed by atoms with van der Waals surface area (Å²) in [5.41, 5.74) is 3.71. The normalized spacial score (nSPS) is 21.1. The maximum absolute atomic E-state index is 13.1. The first kappa shape index (κ1) is 25.2. The van der Waals surface area contributed by atoms with Gasteiger partial charge in [0.1, 0.15) is 6.23 Å². The molecule has 1 unspecified atom stereocenters. The van der Waals surface area contributed by atoms with Crippen molar-refractivity contribution in [1.82, 2.24) is 10.6 Å². The molecule has 37 heavy (non-hydrogen) atoms. The molecule has 3 aliphatic rings. The van der Waals surface area contributed by atoms with Gasteiger partial charge in [-0.25, -0.2) is 4.79 Å². The summed E-state index contributed by atoms with van der Waals surface area (Å²) in [4.78, 5) is 42.1. The van der Waals surface area contributed by atoms with Gasteiger partial charge in [0, 0.05) is 24.6 Å². The predicted molar refractivity (Wildman–Crippen MR) is 141 cm³/mol. The number of hydrogen-bond donors (Lipinski definition) is 2. The fraction of sp³-hybridized carbons (Fsp3) is 0.464. The molecule has 1 saturated heterocycles. The summed E-state index contributed by atoms with van der Waals surface area (Å²) in [5.74, 6) is 0.0194. The molecule has 9 heteroatoms. The number of ether oxygens (including phenoxy) is 2. The Bertz CT molecular complexity index is 1170. The topological polar surface area (TPSA) is 100 Å². The van der Waals surface area contributed by atoms with Gasteiger partial charge in [0.05, 0.1) is 36.7 Å². The minimum atomic E-state index is -0.425. The van der Waals surface area contributed by atoms with Gasteiger partial charge in [0.15, 0.2) is 0 Å². The molecule has 2 atom stereocenters. The minimum absolute atomic E-state index is 0.0684. The van der Waals surface area contributed by atoms with Gasteiger partial charge < -0.3 is 19.7 Å². The van der Waals surface area contributed by atoms with Gasteiger partial charge in [-0.05, 0) is 69.0 Å². The van der Waals surface area contributed by atoms with Gasteiger partial charge in [-0.3, -0.25) is 19.8 Å². The first-order valence-electron chi connectivity index (χ1n) is 13.0. The summed E-state index contributed by atoms with van der Waals surface area (Å²) in [6, 6.07) is 13.0. The van der Waals surface area contributed by atoms with Crippen LogP contribution in [0.15, 0.2) is 42.5 Å². The van der Waals surface area contributed by atoms with E-state index < -0.39 is 6.09 Å². The summed E-state index contributed by atoms with van der Waals surface area (Å²) in [5, 5.41) is 6.05. The van der Waals surface area contributed by atoms with Gasteiger partial charge in [-0.2, -0.15) is 0 Å². The Morgan fingerprint density at radius 2 is 1.81 bits per heavy atom. The van der Waals surface area contributed by atoms with Crippen molar-refractivity contribution in [3.8, 4) is 11.1 Å². The molecular formula is C28H34N4O5. The van der Waals surface area contributed by atoms with Crippen molar-refractivity contribution >= 4 is 29.3 Å². The first-order chi connectivity index (χ1) is 17.8. The van der Waals surface area contributed by atoms with Crippen molar-refractivity contribution in [3.05, 3.63) is 48.0 Å². The number of benzene rings is 2. The van der Waals surface area contributed by atoms with E-state index in [2.05, 4.69) is 10.6 Å². The second kappa shape index (κ2) is 10.5. The molecule has 1 saturated carbocycles. The maximum Gasteiger partial charge on any atom is 0.414 e. The molecule has 196 valence electrons. The molecule has 2 heterocycles. The minimum Gasteiger partial charge on any atom is -0.446 e. The Balaban J connectivity index is 1.40. The summed E-state index contributed by atoms with van der Waals surface area (Å²) in [7, 11) is 0. The van der Waals surface area contributed by atoms with Gasteiger partial charge in [0.25, 0.3) is 5.91 Å². The van der Waals surface area contributed by atoms with Gasteiger partial charge >= 0.3 is 6.09 Å². The number of nitrogens with zero attached hydrogens (tertiary/aromatic N) is 2. The molecule has 9 nitrogen and oxygen atoms in total. The molecule has 0 bridgehead atoms. The predicted octanol–water partition coefficient (Wildman–Crippen LogP) is 3.53. The van der Waals surface area contributed by atoms with Crippen molar-refractivity contribution in [2.45, 2.75) is 52.0 Å². The van der Waals surface area contributed by atoms with E-state index in [-0.39, 0.29) is 36.1 Å². The molecule has 3 amide bonds. The number of hydrogen-bond acceptors (Lipinski definition) is 6. The van der Waals surface area contributed by atoms with Crippen molar-refractivity contribution in [2.75, 3.05) is 36.0 Å². The van der Waals surface area contributed by atoms with Crippen LogP contribution in [-0.4, -0.2) is 62.5 Å². The molecule has 5 rings (SSSR count). The third-order valence-corrected chi connectivity index (χ3v) is 6.86. The average molecular weight is 507 g/mol. The first-order valence-corrected chi connectivity index (χ1v) is 13.0. The number of nitrogens with one attached hydrogen (secondary N) is 2. The molecular weight excluding hydrogens is 472 g/mol. The zero-order valence-corrected chi connectivity index (χ0v) is 21.5. The molecule has 0 aromatic heterocycles. The number of amides is 3. The fourth-order valence-corrected chi connectivity index (χ4v) is 4.82. The zero-order valence-electron chi connectivity index (χ0n) is 21.5. The number of fused-ring (bicyclic) bond motifs is 1. The number of carbonyl (C=O) groups is 3. The van der Waals surface area contributed by atoms with Crippen molar-refractivity contribution in [2.24, 2.45) is 5.92 Å². The van der Waals surface area contributed by atoms with Crippen LogP contribution in [0.5, 0.6) is 0 Å². The highest BCUT2D eigenvalue weighted by Gasteiger charge is 2.41. The highest BCUT2D eigenvalue weighted by Crippen LogP contribution is 2.42. The quantitative estimate of drug-likeness (QED) is 0.622. The molecule has 2 aliphatic heterocycles. The molecule has 2 aromatic rings. The van der Waals surface area contributed by atoms with E-state index in [0.29, 0.717) is 30.9 Å². The monoisotopic (exact) mass is 506 g/mol. The third kappa shape index (κ3) is 5.47. The maximum atomic E-state index is 13.1. The Morgan fingerprint density at radius 3 is 2.46 bits per heavy atom. The highest BCUT2D eigenvalue weighted by atomic mass is 16.6. The average Bonchev–Trinajstić information content (AvgIpc) is 3.61. The summed E-state index contributed by atoms with van der Waals surface area (Å²) >= 11 is 0. The highest BCUT2D eigenvalue weighted by molar-refractivity contribution is 6.05. The van der Waals surface area contributed by atoms with Crippen molar-refractivity contribution in [1.29, 1.82) is 0 Å². The van der Waals surface area contributed by atoms with Crippen molar-refractivity contribution in [3.63, 3.8) is 0 Å². The molecule has 1 aliphatic carbocycles. The number of anilines is 2. The van der Waals surface area contributed by atoms with E-state index >= 15 is 0 Å². The van der Waals surface area contributed by atoms with Crippen LogP contribution in [0.1, 0.15) is 44.0 Å². The van der Waals surface area contributed by atoms with E-state index in [0.717, 1.165) is 36.2 Å². The van der Waals surface area contributed by atoms with Crippen LogP contribution in [0.4, 0.5) is 16.2 Å². The van der Waals surface area contributed by atoms with Crippen molar-refractivity contribution < 1.29 is 23.9 Å². The van der Waals surface area contributed by atoms with Crippen LogP contribution < -0.4 is 20.4 Å². The van der Waals surface area contributed by atoms with E-state index in [1.165, 1.54) is 0 Å². The Labute approximate surface area is 217 Å². The van der Waals surface area contributed by atoms with E-state index in [1.807, 2.05) is 56.0 Å². The lowest BCUT2D eigenvalue weighted by Gasteiger charge is -2.41. The molecule has 2 aromatic carbocycles. The summed E-state index contributed by atoms with van der Waals surface area (Å²) in [6.07, 6.45) is 0.997. The van der Waals surface area contributed by atoms with Crippen LogP contribution in [0.25, 0.3) is 11.1 Å². The third-order valence-electron chi connectivity index (χ3n) is 6.86. The lowest BCUT2D eigenvalue weighted by molar-refractivity contribution is -0.120. The number of rotatable bonds is 6. The van der Waals surface area contributed by atoms with Gasteiger partial charge in [-0.1, -0.05) is 18.2 Å². The van der Waals surface area contributed by atoms with E-state index in [1.54, 1.807) is 17.0 Å². The number of carbonyl (C=O) groups excluding carboxylic acids is 3. The molecule has 0 spiro atoms.